The second-order valence-electron chi connectivity index (χ2n) is 7.62. The number of hydrazine groups is 1. The third kappa shape index (κ3) is 2.54. The Morgan fingerprint density at radius 3 is 2.21 bits per heavy atom. The van der Waals surface area contributed by atoms with Crippen LogP contribution in [-0.4, -0.2) is 41.0 Å². The van der Waals surface area contributed by atoms with Crippen molar-refractivity contribution in [1.82, 2.24) is 10.0 Å². The fourth-order valence-electron chi connectivity index (χ4n) is 4.76. The molecule has 28 heavy (non-hydrogen) atoms. The molecule has 0 saturated carbocycles. The summed E-state index contributed by atoms with van der Waals surface area (Å²) in [6, 6.07) is 12.5. The van der Waals surface area contributed by atoms with Gasteiger partial charge in [0.25, 0.3) is 5.91 Å². The highest BCUT2D eigenvalue weighted by Crippen LogP contribution is 2.49. The number of carbonyl (C=O) groups is 2. The maximum absolute atomic E-state index is 13.5. The van der Waals surface area contributed by atoms with Crippen molar-refractivity contribution in [3.63, 3.8) is 0 Å². The molecule has 0 aromatic heterocycles. The van der Waals surface area contributed by atoms with Gasteiger partial charge in [0.05, 0.1) is 27.7 Å². The molecule has 3 heterocycles. The van der Waals surface area contributed by atoms with Gasteiger partial charge < -0.3 is 0 Å². The number of hydrogen-bond donors (Lipinski definition) is 0. The Kier molecular flexibility index (Phi) is 4.25. The van der Waals surface area contributed by atoms with Crippen molar-refractivity contribution in [1.29, 1.82) is 0 Å². The highest BCUT2D eigenvalue weighted by Gasteiger charge is 2.62. The Bertz CT molecular complexity index is 978. The van der Waals surface area contributed by atoms with E-state index < -0.39 is 12.0 Å². The van der Waals surface area contributed by atoms with E-state index in [9.17, 15) is 9.59 Å². The van der Waals surface area contributed by atoms with Gasteiger partial charge in [0.1, 0.15) is 6.04 Å². The van der Waals surface area contributed by atoms with Crippen molar-refractivity contribution in [2.75, 3.05) is 18.0 Å². The molecule has 0 spiro atoms. The number of nitrogens with zero attached hydrogens (tertiary/aromatic N) is 3. The van der Waals surface area contributed by atoms with E-state index in [4.69, 9.17) is 23.2 Å². The first-order valence-corrected chi connectivity index (χ1v) is 10.2. The second kappa shape index (κ2) is 6.56. The van der Waals surface area contributed by atoms with Crippen LogP contribution in [0.5, 0.6) is 0 Å². The fraction of sp³-hybridized carbons (Fsp3) is 0.333. The van der Waals surface area contributed by atoms with Gasteiger partial charge in [-0.2, -0.15) is 0 Å². The molecule has 7 heteroatoms. The zero-order chi connectivity index (χ0) is 19.6. The molecule has 3 unspecified atom stereocenters. The molecule has 5 nitrogen and oxygen atoms in total. The molecule has 3 fully saturated rings. The molecule has 2 amide bonds. The Morgan fingerprint density at radius 1 is 0.857 bits per heavy atom. The molecule has 2 aromatic rings. The summed E-state index contributed by atoms with van der Waals surface area (Å²) in [6.45, 7) is 3.69. The van der Waals surface area contributed by atoms with E-state index in [2.05, 4.69) is 34.3 Å². The minimum Gasteiger partial charge on any atom is -0.274 e. The highest BCUT2D eigenvalue weighted by atomic mass is 35.5. The SMILES string of the molecule is Cc1ccc(C2C3C(=O)N(c4ccc(Cl)c(Cl)c4)C(=O)C3N3CCCN23)cc1. The van der Waals surface area contributed by atoms with Gasteiger partial charge in [0.15, 0.2) is 0 Å². The van der Waals surface area contributed by atoms with Crippen molar-refractivity contribution < 1.29 is 9.59 Å². The predicted molar refractivity (Wildman–Crippen MR) is 108 cm³/mol. The van der Waals surface area contributed by atoms with Gasteiger partial charge in [-0.3, -0.25) is 9.59 Å². The van der Waals surface area contributed by atoms with Gasteiger partial charge >= 0.3 is 0 Å². The standard InChI is InChI=1S/C21H19Cl2N3O2/c1-12-3-5-13(6-4-12)18-17-19(25-10-2-9-24(18)25)21(28)26(20(17)27)14-7-8-15(22)16(23)11-14/h3-8,11,17-19H,2,9-10H2,1H3. The molecule has 3 saturated heterocycles. The fourth-order valence-corrected chi connectivity index (χ4v) is 5.05. The molecule has 144 valence electrons. The average Bonchev–Trinajstić information content (AvgIpc) is 3.31. The Labute approximate surface area is 173 Å². The zero-order valence-electron chi connectivity index (χ0n) is 15.3. The maximum Gasteiger partial charge on any atom is 0.253 e. The zero-order valence-corrected chi connectivity index (χ0v) is 16.8. The largest absolute Gasteiger partial charge is 0.274 e. The van der Waals surface area contributed by atoms with Crippen LogP contribution in [0, 0.1) is 12.8 Å². The van der Waals surface area contributed by atoms with Gasteiger partial charge in [-0.05, 0) is 37.1 Å². The van der Waals surface area contributed by atoms with E-state index in [1.54, 1.807) is 18.2 Å². The van der Waals surface area contributed by atoms with Gasteiger partial charge in [-0.1, -0.05) is 53.0 Å². The van der Waals surface area contributed by atoms with E-state index >= 15 is 0 Å². The number of hydrogen-bond acceptors (Lipinski definition) is 4. The van der Waals surface area contributed by atoms with Crippen LogP contribution in [-0.2, 0) is 9.59 Å². The summed E-state index contributed by atoms with van der Waals surface area (Å²) in [7, 11) is 0. The Balaban J connectivity index is 1.58. The molecule has 0 bridgehead atoms. The van der Waals surface area contributed by atoms with Crippen molar-refractivity contribution in [2.45, 2.75) is 25.4 Å². The Morgan fingerprint density at radius 2 is 1.54 bits per heavy atom. The molecular weight excluding hydrogens is 397 g/mol. The maximum atomic E-state index is 13.5. The number of imide groups is 1. The molecule has 5 rings (SSSR count). The number of fused-ring (bicyclic) bond motifs is 3. The summed E-state index contributed by atoms with van der Waals surface area (Å²) in [5.74, 6) is -0.784. The van der Waals surface area contributed by atoms with E-state index in [0.717, 1.165) is 25.1 Å². The molecule has 2 aromatic carbocycles. The number of halogens is 2. The Hall–Kier alpha value is -1.92. The van der Waals surface area contributed by atoms with Crippen LogP contribution in [0.15, 0.2) is 42.5 Å². The third-order valence-corrected chi connectivity index (χ3v) is 6.73. The van der Waals surface area contributed by atoms with E-state index in [1.165, 1.54) is 10.5 Å². The van der Waals surface area contributed by atoms with Gasteiger partial charge in [-0.15, -0.1) is 0 Å². The number of anilines is 1. The number of aryl methyl sites for hydroxylation is 1. The lowest BCUT2D eigenvalue weighted by Gasteiger charge is -2.29. The smallest absolute Gasteiger partial charge is 0.253 e. The van der Waals surface area contributed by atoms with Crippen molar-refractivity contribution in [2.24, 2.45) is 5.92 Å². The minimum absolute atomic E-state index is 0.127. The lowest BCUT2D eigenvalue weighted by Crippen LogP contribution is -2.44. The first kappa shape index (κ1) is 18.1. The van der Waals surface area contributed by atoms with Crippen LogP contribution in [0.3, 0.4) is 0 Å². The van der Waals surface area contributed by atoms with E-state index in [0.29, 0.717) is 15.7 Å². The summed E-state index contributed by atoms with van der Waals surface area (Å²) in [5, 5.41) is 5.03. The first-order chi connectivity index (χ1) is 13.5. The van der Waals surface area contributed by atoms with Crippen LogP contribution in [0.4, 0.5) is 5.69 Å². The van der Waals surface area contributed by atoms with E-state index in [-0.39, 0.29) is 17.9 Å². The summed E-state index contributed by atoms with van der Waals surface area (Å²) >= 11 is 12.1. The van der Waals surface area contributed by atoms with Crippen LogP contribution in [0.2, 0.25) is 10.0 Å². The summed E-state index contributed by atoms with van der Waals surface area (Å²) in [4.78, 5) is 28.1. The lowest BCUT2D eigenvalue weighted by molar-refractivity contribution is -0.126. The second-order valence-corrected chi connectivity index (χ2v) is 8.43. The van der Waals surface area contributed by atoms with Crippen LogP contribution < -0.4 is 4.90 Å². The lowest BCUT2D eigenvalue weighted by atomic mass is 9.89. The van der Waals surface area contributed by atoms with E-state index in [1.807, 2.05) is 6.92 Å². The molecular formula is C21H19Cl2N3O2. The summed E-state index contributed by atoms with van der Waals surface area (Å²) < 4.78 is 0. The van der Waals surface area contributed by atoms with Crippen LogP contribution in [0.1, 0.15) is 23.6 Å². The third-order valence-electron chi connectivity index (χ3n) is 5.99. The summed E-state index contributed by atoms with van der Waals surface area (Å²) in [6.07, 6.45) is 0.986. The molecule has 0 N–H and O–H groups in total. The van der Waals surface area contributed by atoms with Crippen LogP contribution >= 0.6 is 23.2 Å². The highest BCUT2D eigenvalue weighted by molar-refractivity contribution is 6.42. The molecule has 0 aliphatic carbocycles. The number of amides is 2. The summed E-state index contributed by atoms with van der Waals surface area (Å²) in [5.41, 5.74) is 2.72. The van der Waals surface area contributed by atoms with Gasteiger partial charge in [-0.25, -0.2) is 14.9 Å². The average molecular weight is 416 g/mol. The normalized spacial score (nSPS) is 27.5. The minimum atomic E-state index is -0.462. The van der Waals surface area contributed by atoms with Crippen molar-refractivity contribution in [3.05, 3.63) is 63.6 Å². The van der Waals surface area contributed by atoms with Crippen LogP contribution in [0.25, 0.3) is 0 Å². The molecule has 3 aliphatic heterocycles. The number of benzene rings is 2. The van der Waals surface area contributed by atoms with Crippen molar-refractivity contribution >= 4 is 40.7 Å². The molecule has 3 atom stereocenters. The predicted octanol–water partition coefficient (Wildman–Crippen LogP) is 3.84. The molecule has 0 radical (unpaired) electrons. The van der Waals surface area contributed by atoms with Gasteiger partial charge in [0, 0.05) is 13.1 Å². The first-order valence-electron chi connectivity index (χ1n) is 9.40. The van der Waals surface area contributed by atoms with Gasteiger partial charge in [0.2, 0.25) is 5.91 Å². The monoisotopic (exact) mass is 415 g/mol. The number of rotatable bonds is 2. The topological polar surface area (TPSA) is 43.9 Å². The number of carbonyl (C=O) groups excluding carboxylic acids is 2. The van der Waals surface area contributed by atoms with Crippen molar-refractivity contribution in [3.8, 4) is 0 Å². The quantitative estimate of drug-likeness (QED) is 0.698. The molecule has 3 aliphatic rings.